The van der Waals surface area contributed by atoms with E-state index in [1.165, 1.54) is 15.7 Å². The van der Waals surface area contributed by atoms with E-state index in [9.17, 15) is 9.59 Å². The molecule has 0 aliphatic carbocycles. The second kappa shape index (κ2) is 9.01. The van der Waals surface area contributed by atoms with Gasteiger partial charge >= 0.3 is 6.03 Å². The van der Waals surface area contributed by atoms with Gasteiger partial charge in [-0.05, 0) is 51.7 Å². The Morgan fingerprint density at radius 1 is 0.758 bits per heavy atom. The summed E-state index contributed by atoms with van der Waals surface area (Å²) in [6, 6.07) is 31.0. The van der Waals surface area contributed by atoms with Gasteiger partial charge in [-0.3, -0.25) is 9.69 Å². The van der Waals surface area contributed by atoms with E-state index in [4.69, 9.17) is 4.74 Å². The summed E-state index contributed by atoms with van der Waals surface area (Å²) in [5.41, 5.74) is 3.06. The van der Waals surface area contributed by atoms with Gasteiger partial charge in [0.25, 0.3) is 5.91 Å². The van der Waals surface area contributed by atoms with Crippen molar-refractivity contribution >= 4 is 28.8 Å². The van der Waals surface area contributed by atoms with Gasteiger partial charge in [-0.15, -0.1) is 0 Å². The van der Waals surface area contributed by atoms with Crippen molar-refractivity contribution in [2.24, 2.45) is 0 Å². The summed E-state index contributed by atoms with van der Waals surface area (Å²) in [6.45, 7) is 0.707. The fourth-order valence-electron chi connectivity index (χ4n) is 3.80. The van der Waals surface area contributed by atoms with Crippen LogP contribution < -0.4 is 10.1 Å². The molecule has 0 unspecified atom stereocenters. The van der Waals surface area contributed by atoms with Gasteiger partial charge in [-0.2, -0.15) is 0 Å². The number of hydrogen-bond donors (Lipinski definition) is 1. The number of nitrogens with one attached hydrogen (secondary N) is 1. The number of amides is 3. The number of hydrogen-bond acceptors (Lipinski definition) is 3. The minimum atomic E-state index is -0.412. The lowest BCUT2D eigenvalue weighted by Crippen LogP contribution is -2.30. The molecule has 3 amide bonds. The summed E-state index contributed by atoms with van der Waals surface area (Å²) < 4.78 is 5.92. The number of fused-ring (bicyclic) bond motifs is 1. The molecule has 162 valence electrons. The Morgan fingerprint density at radius 2 is 1.48 bits per heavy atom. The highest BCUT2D eigenvalue weighted by atomic mass is 16.5. The predicted molar refractivity (Wildman–Crippen MR) is 128 cm³/mol. The van der Waals surface area contributed by atoms with Gasteiger partial charge in [0.1, 0.15) is 18.1 Å². The Morgan fingerprint density at radius 3 is 2.27 bits per heavy atom. The maximum Gasteiger partial charge on any atom is 0.329 e. The minimum absolute atomic E-state index is 0.240. The molecule has 0 spiro atoms. The summed E-state index contributed by atoms with van der Waals surface area (Å²) in [4.78, 5) is 26.2. The molecule has 1 aliphatic heterocycles. The number of ether oxygens (including phenoxy) is 1. The van der Waals surface area contributed by atoms with E-state index in [0.29, 0.717) is 6.61 Å². The lowest BCUT2D eigenvalue weighted by atomic mass is 10.1. The fraction of sp³-hybridized carbons (Fsp3) is 0.0714. The highest BCUT2D eigenvalue weighted by Crippen LogP contribution is 2.21. The fourth-order valence-corrected chi connectivity index (χ4v) is 3.80. The SMILES string of the molecule is O=C1N/C(=C\c2ccc(OCc3ccc4ccccc4c3)cc2)C(=O)N1Cc1ccccc1. The van der Waals surface area contributed by atoms with Crippen molar-refractivity contribution in [3.05, 3.63) is 119 Å². The Kier molecular flexibility index (Phi) is 5.60. The van der Waals surface area contributed by atoms with E-state index >= 15 is 0 Å². The summed E-state index contributed by atoms with van der Waals surface area (Å²) in [7, 11) is 0. The molecule has 0 atom stereocenters. The van der Waals surface area contributed by atoms with E-state index in [2.05, 4.69) is 35.6 Å². The van der Waals surface area contributed by atoms with Crippen LogP contribution >= 0.6 is 0 Å². The lowest BCUT2D eigenvalue weighted by Gasteiger charge is -2.11. The van der Waals surface area contributed by atoms with E-state index in [0.717, 1.165) is 22.4 Å². The van der Waals surface area contributed by atoms with E-state index in [-0.39, 0.29) is 18.1 Å². The summed E-state index contributed by atoms with van der Waals surface area (Å²) in [5, 5.41) is 5.05. The second-order valence-corrected chi connectivity index (χ2v) is 7.90. The van der Waals surface area contributed by atoms with Crippen molar-refractivity contribution in [3.8, 4) is 5.75 Å². The van der Waals surface area contributed by atoms with E-state index < -0.39 is 6.03 Å². The van der Waals surface area contributed by atoms with Gasteiger partial charge in [0, 0.05) is 0 Å². The molecule has 1 saturated heterocycles. The van der Waals surface area contributed by atoms with Crippen LogP contribution in [-0.2, 0) is 17.9 Å². The number of imide groups is 1. The molecule has 1 N–H and O–H groups in total. The summed E-state index contributed by atoms with van der Waals surface area (Å²) >= 11 is 0. The van der Waals surface area contributed by atoms with Crippen molar-refractivity contribution in [2.75, 3.05) is 0 Å². The zero-order valence-corrected chi connectivity index (χ0v) is 17.9. The zero-order valence-electron chi connectivity index (χ0n) is 17.9. The van der Waals surface area contributed by atoms with Crippen LogP contribution in [-0.4, -0.2) is 16.8 Å². The molecule has 0 radical (unpaired) electrons. The van der Waals surface area contributed by atoms with Gasteiger partial charge in [0.2, 0.25) is 0 Å². The van der Waals surface area contributed by atoms with Gasteiger partial charge in [0.15, 0.2) is 0 Å². The monoisotopic (exact) mass is 434 g/mol. The summed E-state index contributed by atoms with van der Waals surface area (Å²) in [6.07, 6.45) is 1.68. The van der Waals surface area contributed by atoms with E-state index in [1.54, 1.807) is 6.08 Å². The van der Waals surface area contributed by atoms with Crippen LogP contribution in [0.3, 0.4) is 0 Å². The Labute approximate surface area is 191 Å². The molecule has 5 heteroatoms. The molecule has 1 fully saturated rings. The normalized spacial score (nSPS) is 14.7. The molecule has 1 heterocycles. The first kappa shape index (κ1) is 20.5. The third-order valence-corrected chi connectivity index (χ3v) is 5.56. The number of rotatable bonds is 6. The van der Waals surface area contributed by atoms with Crippen molar-refractivity contribution in [3.63, 3.8) is 0 Å². The highest BCUT2D eigenvalue weighted by Gasteiger charge is 2.33. The third-order valence-electron chi connectivity index (χ3n) is 5.56. The van der Waals surface area contributed by atoms with E-state index in [1.807, 2.05) is 66.7 Å². The first-order valence-electron chi connectivity index (χ1n) is 10.7. The number of urea groups is 1. The molecule has 5 nitrogen and oxygen atoms in total. The average molecular weight is 434 g/mol. The van der Waals surface area contributed by atoms with Gasteiger partial charge in [-0.1, -0.05) is 78.9 Å². The molecule has 0 bridgehead atoms. The van der Waals surface area contributed by atoms with Gasteiger partial charge in [0.05, 0.1) is 6.54 Å². The topological polar surface area (TPSA) is 58.6 Å². The highest BCUT2D eigenvalue weighted by molar-refractivity contribution is 6.13. The number of carbonyl (C=O) groups is 2. The quantitative estimate of drug-likeness (QED) is 0.321. The molecule has 1 aliphatic rings. The molecule has 33 heavy (non-hydrogen) atoms. The lowest BCUT2D eigenvalue weighted by molar-refractivity contribution is -0.123. The van der Waals surface area contributed by atoms with Crippen LogP contribution in [0.2, 0.25) is 0 Å². The average Bonchev–Trinajstić information content (AvgIpc) is 3.11. The number of carbonyl (C=O) groups excluding carboxylic acids is 2. The molecule has 5 rings (SSSR count). The smallest absolute Gasteiger partial charge is 0.329 e. The maximum absolute atomic E-state index is 12.7. The number of nitrogens with zero attached hydrogens (tertiary/aromatic N) is 1. The molecule has 0 aromatic heterocycles. The van der Waals surface area contributed by atoms with Crippen molar-refractivity contribution < 1.29 is 14.3 Å². The Hall–Kier alpha value is -4.38. The predicted octanol–water partition coefficient (Wildman–Crippen LogP) is 5.51. The molecule has 4 aromatic rings. The minimum Gasteiger partial charge on any atom is -0.489 e. The first-order valence-corrected chi connectivity index (χ1v) is 10.7. The zero-order chi connectivity index (χ0) is 22.6. The second-order valence-electron chi connectivity index (χ2n) is 7.90. The Bertz CT molecular complexity index is 1340. The van der Waals surface area contributed by atoms with Crippen molar-refractivity contribution in [1.29, 1.82) is 0 Å². The van der Waals surface area contributed by atoms with Crippen LogP contribution in [0.1, 0.15) is 16.7 Å². The largest absolute Gasteiger partial charge is 0.489 e. The summed E-state index contributed by atoms with van der Waals surface area (Å²) in [5.74, 6) is 0.401. The van der Waals surface area contributed by atoms with Crippen LogP contribution in [0.15, 0.2) is 103 Å². The standard InChI is InChI=1S/C28H22N2O3/c31-27-26(29-28(32)30(27)18-21-6-2-1-3-7-21)17-20-11-14-25(15-12-20)33-19-22-10-13-23-8-4-5-9-24(23)16-22/h1-17H,18-19H2,(H,29,32)/b26-17-. The van der Waals surface area contributed by atoms with Crippen LogP contribution in [0.5, 0.6) is 5.75 Å². The van der Waals surface area contributed by atoms with Crippen LogP contribution in [0.4, 0.5) is 4.79 Å². The molecule has 0 saturated carbocycles. The van der Waals surface area contributed by atoms with Crippen LogP contribution in [0, 0.1) is 0 Å². The Balaban J connectivity index is 1.23. The van der Waals surface area contributed by atoms with Crippen molar-refractivity contribution in [1.82, 2.24) is 10.2 Å². The maximum atomic E-state index is 12.7. The van der Waals surface area contributed by atoms with Crippen molar-refractivity contribution in [2.45, 2.75) is 13.2 Å². The third kappa shape index (κ3) is 4.62. The van der Waals surface area contributed by atoms with Crippen LogP contribution in [0.25, 0.3) is 16.8 Å². The molecular weight excluding hydrogens is 412 g/mol. The van der Waals surface area contributed by atoms with Gasteiger partial charge < -0.3 is 10.1 Å². The van der Waals surface area contributed by atoms with Gasteiger partial charge in [-0.25, -0.2) is 4.79 Å². The first-order chi connectivity index (χ1) is 16.2. The number of benzene rings is 4. The molecule has 4 aromatic carbocycles. The molecular formula is C28H22N2O3.